The zero-order chi connectivity index (χ0) is 13.8. The van der Waals surface area contributed by atoms with Gasteiger partial charge in [-0.1, -0.05) is 6.92 Å². The maximum atomic E-state index is 12.6. The number of carbonyl (C=O) groups excluding carboxylic acids is 2. The van der Waals surface area contributed by atoms with Gasteiger partial charge in [0.1, 0.15) is 5.54 Å². The molecule has 5 heteroatoms. The van der Waals surface area contributed by atoms with Gasteiger partial charge in [0.15, 0.2) is 0 Å². The van der Waals surface area contributed by atoms with E-state index in [0.29, 0.717) is 19.4 Å². The van der Waals surface area contributed by atoms with Gasteiger partial charge in [0, 0.05) is 19.0 Å². The van der Waals surface area contributed by atoms with E-state index in [9.17, 15) is 9.59 Å². The number of rotatable bonds is 5. The first-order valence-electron chi connectivity index (χ1n) is 6.55. The lowest BCUT2D eigenvalue weighted by molar-refractivity contribution is -0.140. The van der Waals surface area contributed by atoms with Crippen molar-refractivity contribution in [2.24, 2.45) is 0 Å². The van der Waals surface area contributed by atoms with Crippen molar-refractivity contribution in [3.05, 3.63) is 0 Å². The second-order valence-electron chi connectivity index (χ2n) is 5.11. The summed E-state index contributed by atoms with van der Waals surface area (Å²) in [5.74, 6) is 1.08. The lowest BCUT2D eigenvalue weighted by Crippen LogP contribution is -2.56. The van der Waals surface area contributed by atoms with Crippen LogP contribution in [0, 0.1) is 0 Å². The van der Waals surface area contributed by atoms with Crippen LogP contribution < -0.4 is 5.32 Å². The Bertz CT molecular complexity index is 322. The Morgan fingerprint density at radius 2 is 2.17 bits per heavy atom. The highest BCUT2D eigenvalue weighted by molar-refractivity contribution is 7.98. The van der Waals surface area contributed by atoms with Crippen LogP contribution in [-0.4, -0.2) is 46.8 Å². The topological polar surface area (TPSA) is 49.4 Å². The Hall–Kier alpha value is -0.710. The van der Waals surface area contributed by atoms with Crippen LogP contribution in [0.3, 0.4) is 0 Å². The minimum Gasteiger partial charge on any atom is -0.342 e. The van der Waals surface area contributed by atoms with Crippen molar-refractivity contribution in [3.63, 3.8) is 0 Å². The van der Waals surface area contributed by atoms with Crippen molar-refractivity contribution in [1.29, 1.82) is 0 Å². The highest BCUT2D eigenvalue weighted by atomic mass is 32.2. The fraction of sp³-hybridized carbons (Fsp3) is 0.846. The Morgan fingerprint density at radius 3 is 2.72 bits per heavy atom. The van der Waals surface area contributed by atoms with E-state index in [4.69, 9.17) is 0 Å². The molecule has 1 heterocycles. The van der Waals surface area contributed by atoms with Gasteiger partial charge in [-0.05, 0) is 38.7 Å². The first kappa shape index (κ1) is 15.3. The first-order chi connectivity index (χ1) is 8.44. The Morgan fingerprint density at radius 1 is 1.50 bits per heavy atom. The van der Waals surface area contributed by atoms with Gasteiger partial charge in [0.2, 0.25) is 11.8 Å². The van der Waals surface area contributed by atoms with Crippen LogP contribution in [0.15, 0.2) is 0 Å². The summed E-state index contributed by atoms with van der Waals surface area (Å²) in [7, 11) is 0. The number of nitrogens with zero attached hydrogens (tertiary/aromatic N) is 1. The van der Waals surface area contributed by atoms with Crippen LogP contribution in [0.5, 0.6) is 0 Å². The van der Waals surface area contributed by atoms with E-state index in [1.807, 2.05) is 18.7 Å². The quantitative estimate of drug-likeness (QED) is 0.828. The summed E-state index contributed by atoms with van der Waals surface area (Å²) in [5, 5.41) is 2.86. The van der Waals surface area contributed by atoms with Crippen molar-refractivity contribution in [2.45, 2.75) is 51.6 Å². The molecule has 1 aliphatic heterocycles. The minimum atomic E-state index is -0.735. The standard InChI is InChI=1S/C13H24N2O2S/c1-5-13(3)12(17)15(8-6-11(16)14-13)10(2)7-9-18-4/h10H,5-9H2,1-4H3,(H,14,16). The molecule has 4 nitrogen and oxygen atoms in total. The SMILES string of the molecule is CCC1(C)NC(=O)CCN(C(C)CCSC)C1=O. The largest absolute Gasteiger partial charge is 0.342 e. The molecular formula is C13H24N2O2S. The average Bonchev–Trinajstić information content (AvgIpc) is 2.45. The monoisotopic (exact) mass is 272 g/mol. The summed E-state index contributed by atoms with van der Waals surface area (Å²) in [4.78, 5) is 26.1. The van der Waals surface area contributed by atoms with Crippen LogP contribution in [0.25, 0.3) is 0 Å². The van der Waals surface area contributed by atoms with Gasteiger partial charge in [-0.15, -0.1) is 0 Å². The van der Waals surface area contributed by atoms with Crippen molar-refractivity contribution in [2.75, 3.05) is 18.6 Å². The molecule has 1 saturated heterocycles. The van der Waals surface area contributed by atoms with E-state index in [0.717, 1.165) is 12.2 Å². The van der Waals surface area contributed by atoms with Gasteiger partial charge in [-0.25, -0.2) is 0 Å². The Labute approximate surface area is 114 Å². The molecule has 0 aliphatic carbocycles. The first-order valence-corrected chi connectivity index (χ1v) is 7.95. The van der Waals surface area contributed by atoms with E-state index < -0.39 is 5.54 Å². The van der Waals surface area contributed by atoms with Gasteiger partial charge in [0.25, 0.3) is 0 Å². The predicted molar refractivity (Wildman–Crippen MR) is 75.6 cm³/mol. The summed E-state index contributed by atoms with van der Waals surface area (Å²) >= 11 is 1.79. The molecule has 2 atom stereocenters. The van der Waals surface area contributed by atoms with Crippen LogP contribution in [-0.2, 0) is 9.59 Å². The van der Waals surface area contributed by atoms with Gasteiger partial charge < -0.3 is 10.2 Å². The molecule has 0 radical (unpaired) electrons. The van der Waals surface area contributed by atoms with Gasteiger partial charge >= 0.3 is 0 Å². The molecular weight excluding hydrogens is 248 g/mol. The fourth-order valence-corrected chi connectivity index (χ4v) is 2.75. The zero-order valence-corrected chi connectivity index (χ0v) is 12.6. The highest BCUT2D eigenvalue weighted by Crippen LogP contribution is 2.21. The predicted octanol–water partition coefficient (Wildman–Crippen LogP) is 1.65. The summed E-state index contributed by atoms with van der Waals surface area (Å²) in [6, 6.07) is 0.198. The van der Waals surface area contributed by atoms with Gasteiger partial charge in [0.05, 0.1) is 0 Å². The van der Waals surface area contributed by atoms with Crippen LogP contribution in [0.2, 0.25) is 0 Å². The molecule has 2 amide bonds. The molecule has 104 valence electrons. The van der Waals surface area contributed by atoms with E-state index in [-0.39, 0.29) is 17.9 Å². The molecule has 18 heavy (non-hydrogen) atoms. The Kier molecular flexibility index (Phi) is 5.50. The van der Waals surface area contributed by atoms with Crippen molar-refractivity contribution >= 4 is 23.6 Å². The van der Waals surface area contributed by atoms with Gasteiger partial charge in [-0.3, -0.25) is 9.59 Å². The molecule has 1 aliphatic rings. The maximum absolute atomic E-state index is 12.6. The van der Waals surface area contributed by atoms with E-state index in [1.54, 1.807) is 11.8 Å². The number of thioether (sulfide) groups is 1. The fourth-order valence-electron chi connectivity index (χ4n) is 2.17. The number of nitrogens with one attached hydrogen (secondary N) is 1. The molecule has 2 unspecified atom stereocenters. The minimum absolute atomic E-state index is 0.0210. The molecule has 1 N–H and O–H groups in total. The third-order valence-electron chi connectivity index (χ3n) is 3.71. The van der Waals surface area contributed by atoms with Crippen LogP contribution >= 0.6 is 11.8 Å². The second-order valence-corrected chi connectivity index (χ2v) is 6.10. The molecule has 0 aromatic carbocycles. The third kappa shape index (κ3) is 3.40. The second kappa shape index (κ2) is 6.45. The number of hydrogen-bond donors (Lipinski definition) is 1. The lowest BCUT2D eigenvalue weighted by atomic mass is 9.96. The van der Waals surface area contributed by atoms with Crippen molar-refractivity contribution in [3.8, 4) is 0 Å². The summed E-state index contributed by atoms with van der Waals surface area (Å²) in [5.41, 5.74) is -0.735. The molecule has 0 aromatic heterocycles. The van der Waals surface area contributed by atoms with E-state index in [1.165, 1.54) is 0 Å². The molecule has 1 fully saturated rings. The smallest absolute Gasteiger partial charge is 0.248 e. The average molecular weight is 272 g/mol. The third-order valence-corrected chi connectivity index (χ3v) is 4.35. The summed E-state index contributed by atoms with van der Waals surface area (Å²) in [6.45, 7) is 6.37. The summed E-state index contributed by atoms with van der Waals surface area (Å²) < 4.78 is 0. The normalized spacial score (nSPS) is 26.8. The summed E-state index contributed by atoms with van der Waals surface area (Å²) in [6.07, 6.45) is 4.08. The van der Waals surface area contributed by atoms with Crippen LogP contribution in [0.4, 0.5) is 0 Å². The highest BCUT2D eigenvalue weighted by Gasteiger charge is 2.40. The Balaban J connectivity index is 2.84. The van der Waals surface area contributed by atoms with Crippen molar-refractivity contribution in [1.82, 2.24) is 10.2 Å². The lowest BCUT2D eigenvalue weighted by Gasteiger charge is -2.34. The molecule has 0 aromatic rings. The van der Waals surface area contributed by atoms with Crippen molar-refractivity contribution < 1.29 is 9.59 Å². The van der Waals surface area contributed by atoms with Gasteiger partial charge in [-0.2, -0.15) is 11.8 Å². The zero-order valence-electron chi connectivity index (χ0n) is 11.8. The molecule has 0 bridgehead atoms. The maximum Gasteiger partial charge on any atom is 0.248 e. The molecule has 1 rings (SSSR count). The van der Waals surface area contributed by atoms with E-state index >= 15 is 0 Å². The number of amides is 2. The molecule has 0 saturated carbocycles. The number of carbonyl (C=O) groups is 2. The van der Waals surface area contributed by atoms with Crippen LogP contribution in [0.1, 0.15) is 40.0 Å². The number of hydrogen-bond acceptors (Lipinski definition) is 3. The van der Waals surface area contributed by atoms with E-state index in [2.05, 4.69) is 18.5 Å². The molecule has 0 spiro atoms.